The topological polar surface area (TPSA) is 23.5 Å². The zero-order valence-corrected chi connectivity index (χ0v) is 10.5. The van der Waals surface area contributed by atoms with Crippen LogP contribution < -0.4 is 0 Å². The fourth-order valence-corrected chi connectivity index (χ4v) is 1.89. The second-order valence-corrected chi connectivity index (χ2v) is 4.48. The second kappa shape index (κ2) is 7.77. The van der Waals surface area contributed by atoms with E-state index < -0.39 is 0 Å². The zero-order valence-electron chi connectivity index (χ0n) is 8.96. The lowest BCUT2D eigenvalue weighted by atomic mass is 10.1. The number of nitrogens with zero attached hydrogens (tertiary/aromatic N) is 1. The number of halogens is 1. The molecular formula is C10H22BrNO. The summed E-state index contributed by atoms with van der Waals surface area (Å²) in [5, 5.41) is 10.2. The molecule has 0 aromatic heterocycles. The molecule has 0 saturated carbocycles. The van der Waals surface area contributed by atoms with Gasteiger partial charge in [-0.1, -0.05) is 29.3 Å². The van der Waals surface area contributed by atoms with Crippen LogP contribution in [0.15, 0.2) is 0 Å². The first-order chi connectivity index (χ1) is 6.10. The van der Waals surface area contributed by atoms with Crippen LogP contribution in [0.2, 0.25) is 0 Å². The van der Waals surface area contributed by atoms with Gasteiger partial charge >= 0.3 is 0 Å². The van der Waals surface area contributed by atoms with E-state index in [-0.39, 0.29) is 6.10 Å². The first-order valence-electron chi connectivity index (χ1n) is 5.02. The molecule has 3 heteroatoms. The smallest absolute Gasteiger partial charge is 0.0524 e. The molecule has 0 bridgehead atoms. The first-order valence-corrected chi connectivity index (χ1v) is 6.14. The standard InChI is InChI=1S/C10H22BrNO/c1-4-10(7-11)8-12(3)6-5-9(2)13/h9-10,13H,4-8H2,1-3H3. The summed E-state index contributed by atoms with van der Waals surface area (Å²) in [6.07, 6.45) is 1.91. The van der Waals surface area contributed by atoms with Gasteiger partial charge < -0.3 is 10.0 Å². The van der Waals surface area contributed by atoms with Crippen molar-refractivity contribution in [3.8, 4) is 0 Å². The minimum Gasteiger partial charge on any atom is -0.393 e. The number of aliphatic hydroxyl groups excluding tert-OH is 1. The molecule has 80 valence electrons. The van der Waals surface area contributed by atoms with Crippen LogP contribution >= 0.6 is 15.9 Å². The highest BCUT2D eigenvalue weighted by atomic mass is 79.9. The quantitative estimate of drug-likeness (QED) is 0.701. The van der Waals surface area contributed by atoms with Crippen LogP contribution in [0.1, 0.15) is 26.7 Å². The Kier molecular flexibility index (Phi) is 8.01. The molecule has 13 heavy (non-hydrogen) atoms. The van der Waals surface area contributed by atoms with E-state index in [1.54, 1.807) is 0 Å². The third-order valence-electron chi connectivity index (χ3n) is 2.29. The molecule has 0 aromatic rings. The SMILES string of the molecule is CCC(CBr)CN(C)CCC(C)O. The predicted molar refractivity (Wildman–Crippen MR) is 61.4 cm³/mol. The van der Waals surface area contributed by atoms with E-state index in [0.717, 1.165) is 30.8 Å². The first kappa shape index (κ1) is 13.4. The lowest BCUT2D eigenvalue weighted by molar-refractivity contribution is 0.160. The Morgan fingerprint density at radius 1 is 1.46 bits per heavy atom. The molecule has 2 nitrogen and oxygen atoms in total. The van der Waals surface area contributed by atoms with Crippen molar-refractivity contribution in [2.45, 2.75) is 32.8 Å². The Hall–Kier alpha value is 0.400. The number of hydrogen-bond acceptors (Lipinski definition) is 2. The molecule has 0 spiro atoms. The van der Waals surface area contributed by atoms with Crippen molar-refractivity contribution in [2.75, 3.05) is 25.5 Å². The molecule has 0 radical (unpaired) electrons. The lowest BCUT2D eigenvalue weighted by Crippen LogP contribution is -2.28. The van der Waals surface area contributed by atoms with E-state index in [2.05, 4.69) is 34.8 Å². The van der Waals surface area contributed by atoms with Gasteiger partial charge in [-0.3, -0.25) is 0 Å². The number of hydrogen-bond donors (Lipinski definition) is 1. The van der Waals surface area contributed by atoms with Gasteiger partial charge in [0, 0.05) is 18.4 Å². The minimum atomic E-state index is -0.175. The average Bonchev–Trinajstić information content (AvgIpc) is 2.10. The number of rotatable bonds is 7. The van der Waals surface area contributed by atoms with Gasteiger partial charge in [-0.2, -0.15) is 0 Å². The van der Waals surface area contributed by atoms with Crippen molar-refractivity contribution < 1.29 is 5.11 Å². The summed E-state index contributed by atoms with van der Waals surface area (Å²) in [6.45, 7) is 6.17. The van der Waals surface area contributed by atoms with Crippen molar-refractivity contribution >= 4 is 15.9 Å². The van der Waals surface area contributed by atoms with E-state index in [9.17, 15) is 0 Å². The van der Waals surface area contributed by atoms with E-state index >= 15 is 0 Å². The fourth-order valence-electron chi connectivity index (χ4n) is 1.23. The number of aliphatic hydroxyl groups is 1. The van der Waals surface area contributed by atoms with Gasteiger partial charge in [0.1, 0.15) is 0 Å². The maximum atomic E-state index is 9.11. The number of alkyl halides is 1. The van der Waals surface area contributed by atoms with Crippen molar-refractivity contribution in [3.63, 3.8) is 0 Å². The van der Waals surface area contributed by atoms with Gasteiger partial charge in [0.05, 0.1) is 6.10 Å². The van der Waals surface area contributed by atoms with Crippen LogP contribution in [0.3, 0.4) is 0 Å². The predicted octanol–water partition coefficient (Wildman–Crippen LogP) is 2.11. The highest BCUT2D eigenvalue weighted by Gasteiger charge is 2.08. The summed E-state index contributed by atoms with van der Waals surface area (Å²) in [6, 6.07) is 0. The van der Waals surface area contributed by atoms with E-state index in [4.69, 9.17) is 5.11 Å². The molecular weight excluding hydrogens is 230 g/mol. The normalized spacial score (nSPS) is 16.2. The summed E-state index contributed by atoms with van der Waals surface area (Å²) in [7, 11) is 2.12. The van der Waals surface area contributed by atoms with Gasteiger partial charge in [0.15, 0.2) is 0 Å². The van der Waals surface area contributed by atoms with Crippen molar-refractivity contribution in [3.05, 3.63) is 0 Å². The highest BCUT2D eigenvalue weighted by molar-refractivity contribution is 9.09. The largest absolute Gasteiger partial charge is 0.393 e. The molecule has 0 rings (SSSR count). The Morgan fingerprint density at radius 2 is 2.08 bits per heavy atom. The fraction of sp³-hybridized carbons (Fsp3) is 1.00. The maximum Gasteiger partial charge on any atom is 0.0524 e. The molecule has 0 amide bonds. The Labute approximate surface area is 90.4 Å². The van der Waals surface area contributed by atoms with E-state index in [1.807, 2.05) is 6.92 Å². The molecule has 0 aliphatic carbocycles. The molecule has 0 aliphatic heterocycles. The third kappa shape index (κ3) is 7.47. The molecule has 0 aromatic carbocycles. The van der Waals surface area contributed by atoms with Crippen molar-refractivity contribution in [1.29, 1.82) is 0 Å². The van der Waals surface area contributed by atoms with E-state index in [1.165, 1.54) is 6.42 Å². The molecule has 0 fully saturated rings. The van der Waals surface area contributed by atoms with Crippen molar-refractivity contribution in [1.82, 2.24) is 4.90 Å². The zero-order chi connectivity index (χ0) is 10.3. The van der Waals surface area contributed by atoms with Gasteiger partial charge in [-0.15, -0.1) is 0 Å². The Balaban J connectivity index is 3.53. The van der Waals surface area contributed by atoms with Crippen molar-refractivity contribution in [2.24, 2.45) is 5.92 Å². The maximum absolute atomic E-state index is 9.11. The molecule has 2 unspecified atom stereocenters. The molecule has 0 heterocycles. The lowest BCUT2D eigenvalue weighted by Gasteiger charge is -2.22. The third-order valence-corrected chi connectivity index (χ3v) is 3.21. The van der Waals surface area contributed by atoms with Gasteiger partial charge in [-0.25, -0.2) is 0 Å². The van der Waals surface area contributed by atoms with Crippen LogP contribution in [0.5, 0.6) is 0 Å². The van der Waals surface area contributed by atoms with Gasteiger partial charge in [-0.05, 0) is 26.3 Å². The van der Waals surface area contributed by atoms with Crippen LogP contribution in [0, 0.1) is 5.92 Å². The molecule has 1 N–H and O–H groups in total. The van der Waals surface area contributed by atoms with Crippen LogP contribution in [0.4, 0.5) is 0 Å². The summed E-state index contributed by atoms with van der Waals surface area (Å²) in [4.78, 5) is 2.29. The highest BCUT2D eigenvalue weighted by Crippen LogP contribution is 2.08. The summed E-state index contributed by atoms with van der Waals surface area (Å²) in [5.74, 6) is 0.735. The van der Waals surface area contributed by atoms with Crippen LogP contribution in [-0.4, -0.2) is 41.6 Å². The van der Waals surface area contributed by atoms with Crippen LogP contribution in [-0.2, 0) is 0 Å². The monoisotopic (exact) mass is 251 g/mol. The van der Waals surface area contributed by atoms with Gasteiger partial charge in [0.25, 0.3) is 0 Å². The summed E-state index contributed by atoms with van der Waals surface area (Å²) in [5.41, 5.74) is 0. The summed E-state index contributed by atoms with van der Waals surface area (Å²) >= 11 is 3.51. The Bertz CT molecular complexity index is 115. The van der Waals surface area contributed by atoms with E-state index in [0.29, 0.717) is 0 Å². The minimum absolute atomic E-state index is 0.175. The molecule has 0 aliphatic rings. The average molecular weight is 252 g/mol. The van der Waals surface area contributed by atoms with Gasteiger partial charge in [0.2, 0.25) is 0 Å². The Morgan fingerprint density at radius 3 is 2.46 bits per heavy atom. The summed E-state index contributed by atoms with van der Waals surface area (Å²) < 4.78 is 0. The molecule has 0 saturated heterocycles. The second-order valence-electron chi connectivity index (χ2n) is 3.83. The molecule has 2 atom stereocenters. The van der Waals surface area contributed by atoms with Crippen LogP contribution in [0.25, 0.3) is 0 Å².